The van der Waals surface area contributed by atoms with Crippen LogP contribution in [0.3, 0.4) is 0 Å². The molecule has 0 aromatic carbocycles. The van der Waals surface area contributed by atoms with Gasteiger partial charge in [0, 0.05) is 6.04 Å². The third-order valence-electron chi connectivity index (χ3n) is 2.91. The molecule has 0 aliphatic rings. The predicted molar refractivity (Wildman–Crippen MR) is 76.5 cm³/mol. The first kappa shape index (κ1) is 16.6. The van der Waals surface area contributed by atoms with Gasteiger partial charge >= 0.3 is 5.97 Å². The quantitative estimate of drug-likeness (QED) is 0.770. The van der Waals surface area contributed by atoms with E-state index in [2.05, 4.69) is 4.98 Å². The molecule has 1 aromatic heterocycles. The number of ether oxygens (including phenoxy) is 1. The van der Waals surface area contributed by atoms with Crippen LogP contribution in [0, 0.1) is 18.3 Å². The zero-order valence-corrected chi connectivity index (χ0v) is 12.7. The smallest absolute Gasteiger partial charge is 0.325 e. The van der Waals surface area contributed by atoms with Gasteiger partial charge in [-0.05, 0) is 39.8 Å². The van der Waals surface area contributed by atoms with Gasteiger partial charge in [-0.1, -0.05) is 0 Å². The molecule has 0 fully saturated rings. The molecule has 112 valence electrons. The molecule has 0 spiro atoms. The van der Waals surface area contributed by atoms with Crippen LogP contribution in [0.15, 0.2) is 12.1 Å². The fourth-order valence-corrected chi connectivity index (χ4v) is 1.78. The van der Waals surface area contributed by atoms with Crippen molar-refractivity contribution < 1.29 is 14.3 Å². The van der Waals surface area contributed by atoms with Crippen molar-refractivity contribution in [3.63, 3.8) is 0 Å². The Balaban J connectivity index is 2.99. The first-order chi connectivity index (χ1) is 9.90. The molecular weight excluding hydrogens is 270 g/mol. The Morgan fingerprint density at radius 2 is 2.10 bits per heavy atom. The number of carbonyl (C=O) groups is 2. The van der Waals surface area contributed by atoms with E-state index < -0.39 is 5.97 Å². The number of aromatic nitrogens is 1. The van der Waals surface area contributed by atoms with Gasteiger partial charge in [-0.25, -0.2) is 4.98 Å². The Morgan fingerprint density at radius 1 is 1.43 bits per heavy atom. The highest BCUT2D eigenvalue weighted by molar-refractivity contribution is 5.94. The van der Waals surface area contributed by atoms with E-state index in [-0.39, 0.29) is 30.8 Å². The Hall–Kier alpha value is -2.42. The highest BCUT2D eigenvalue weighted by Crippen LogP contribution is 2.10. The summed E-state index contributed by atoms with van der Waals surface area (Å²) in [7, 11) is 0. The van der Waals surface area contributed by atoms with E-state index in [0.29, 0.717) is 11.3 Å². The SMILES string of the molecule is CCOC(=O)CN(C(=O)c1ccc(C#N)c(C)n1)C(C)C. The second kappa shape index (κ2) is 7.39. The summed E-state index contributed by atoms with van der Waals surface area (Å²) in [6.07, 6.45) is 0. The molecule has 0 N–H and O–H groups in total. The summed E-state index contributed by atoms with van der Waals surface area (Å²) in [6, 6.07) is 4.88. The van der Waals surface area contributed by atoms with E-state index in [0.717, 1.165) is 0 Å². The highest BCUT2D eigenvalue weighted by Gasteiger charge is 2.23. The maximum absolute atomic E-state index is 12.5. The van der Waals surface area contributed by atoms with Crippen molar-refractivity contribution in [2.75, 3.05) is 13.2 Å². The number of pyridine rings is 1. The molecular formula is C15H19N3O3. The number of amides is 1. The molecule has 0 aliphatic heterocycles. The van der Waals surface area contributed by atoms with Crippen LogP contribution in [0.4, 0.5) is 0 Å². The van der Waals surface area contributed by atoms with Crippen molar-refractivity contribution in [1.82, 2.24) is 9.88 Å². The van der Waals surface area contributed by atoms with Crippen molar-refractivity contribution in [3.05, 3.63) is 29.1 Å². The van der Waals surface area contributed by atoms with E-state index in [4.69, 9.17) is 10.00 Å². The van der Waals surface area contributed by atoms with Gasteiger partial charge in [-0.3, -0.25) is 9.59 Å². The van der Waals surface area contributed by atoms with Crippen molar-refractivity contribution >= 4 is 11.9 Å². The monoisotopic (exact) mass is 289 g/mol. The summed E-state index contributed by atoms with van der Waals surface area (Å²) in [6.45, 7) is 7.16. The van der Waals surface area contributed by atoms with E-state index in [1.54, 1.807) is 19.9 Å². The molecule has 1 rings (SSSR count). The molecule has 6 nitrogen and oxygen atoms in total. The molecule has 6 heteroatoms. The fraction of sp³-hybridized carbons (Fsp3) is 0.467. The lowest BCUT2D eigenvalue weighted by atomic mass is 10.2. The van der Waals surface area contributed by atoms with Gasteiger partial charge in [-0.15, -0.1) is 0 Å². The molecule has 21 heavy (non-hydrogen) atoms. The molecule has 0 bridgehead atoms. The molecule has 0 aliphatic carbocycles. The highest BCUT2D eigenvalue weighted by atomic mass is 16.5. The average molecular weight is 289 g/mol. The molecule has 1 amide bonds. The Kier molecular flexibility index (Phi) is 5.85. The molecule has 0 unspecified atom stereocenters. The molecule has 1 aromatic rings. The van der Waals surface area contributed by atoms with Crippen molar-refractivity contribution in [1.29, 1.82) is 5.26 Å². The number of rotatable bonds is 5. The number of aryl methyl sites for hydroxylation is 1. The van der Waals surface area contributed by atoms with Crippen LogP contribution < -0.4 is 0 Å². The van der Waals surface area contributed by atoms with Crippen LogP contribution in [-0.2, 0) is 9.53 Å². The second-order valence-corrected chi connectivity index (χ2v) is 4.77. The van der Waals surface area contributed by atoms with Gasteiger partial charge in [0.2, 0.25) is 0 Å². The minimum atomic E-state index is -0.454. The van der Waals surface area contributed by atoms with E-state index in [1.807, 2.05) is 19.9 Å². The van der Waals surface area contributed by atoms with Gasteiger partial charge in [0.1, 0.15) is 18.3 Å². The van der Waals surface area contributed by atoms with Crippen LogP contribution >= 0.6 is 0 Å². The van der Waals surface area contributed by atoms with Crippen LogP contribution in [0.2, 0.25) is 0 Å². The standard InChI is InChI=1S/C15H19N3O3/c1-5-21-14(19)9-18(10(2)3)15(20)13-7-6-12(8-16)11(4)17-13/h6-7,10H,5,9H2,1-4H3. The van der Waals surface area contributed by atoms with Crippen LogP contribution in [-0.4, -0.2) is 41.0 Å². The summed E-state index contributed by atoms with van der Waals surface area (Å²) in [5.74, 6) is -0.810. The van der Waals surface area contributed by atoms with Crippen molar-refractivity contribution in [2.45, 2.75) is 33.7 Å². The predicted octanol–water partition coefficient (Wildman–Crippen LogP) is 1.68. The first-order valence-corrected chi connectivity index (χ1v) is 6.75. The minimum Gasteiger partial charge on any atom is -0.465 e. The largest absolute Gasteiger partial charge is 0.465 e. The third kappa shape index (κ3) is 4.28. The topological polar surface area (TPSA) is 83.3 Å². The molecule has 1 heterocycles. The number of nitriles is 1. The number of nitrogens with zero attached hydrogens (tertiary/aromatic N) is 3. The van der Waals surface area contributed by atoms with Gasteiger partial charge in [-0.2, -0.15) is 5.26 Å². The van der Waals surface area contributed by atoms with Crippen LogP contribution in [0.5, 0.6) is 0 Å². The number of esters is 1. The van der Waals surface area contributed by atoms with E-state index in [9.17, 15) is 9.59 Å². The van der Waals surface area contributed by atoms with Gasteiger partial charge < -0.3 is 9.64 Å². The fourth-order valence-electron chi connectivity index (χ4n) is 1.78. The minimum absolute atomic E-state index is 0.120. The summed E-state index contributed by atoms with van der Waals surface area (Å²) in [5.41, 5.74) is 1.13. The summed E-state index contributed by atoms with van der Waals surface area (Å²) in [5, 5.41) is 8.88. The normalized spacial score (nSPS) is 10.1. The van der Waals surface area contributed by atoms with Gasteiger partial charge in [0.05, 0.1) is 17.9 Å². The molecule has 0 atom stereocenters. The lowest BCUT2D eigenvalue weighted by molar-refractivity contribution is -0.144. The van der Waals surface area contributed by atoms with Crippen LogP contribution in [0.25, 0.3) is 0 Å². The molecule has 0 saturated heterocycles. The zero-order valence-electron chi connectivity index (χ0n) is 12.7. The second-order valence-electron chi connectivity index (χ2n) is 4.77. The third-order valence-corrected chi connectivity index (χ3v) is 2.91. The first-order valence-electron chi connectivity index (χ1n) is 6.75. The van der Waals surface area contributed by atoms with E-state index in [1.165, 1.54) is 11.0 Å². The molecule has 0 radical (unpaired) electrons. The summed E-state index contributed by atoms with van der Waals surface area (Å²) >= 11 is 0. The molecule has 0 saturated carbocycles. The summed E-state index contributed by atoms with van der Waals surface area (Å²) < 4.78 is 4.87. The van der Waals surface area contributed by atoms with E-state index >= 15 is 0 Å². The number of hydrogen-bond acceptors (Lipinski definition) is 5. The van der Waals surface area contributed by atoms with Gasteiger partial charge in [0.25, 0.3) is 5.91 Å². The average Bonchev–Trinajstić information content (AvgIpc) is 2.44. The van der Waals surface area contributed by atoms with Crippen molar-refractivity contribution in [3.8, 4) is 6.07 Å². The zero-order chi connectivity index (χ0) is 16.0. The Labute approximate surface area is 124 Å². The van der Waals surface area contributed by atoms with Gasteiger partial charge in [0.15, 0.2) is 0 Å². The van der Waals surface area contributed by atoms with Crippen molar-refractivity contribution in [2.24, 2.45) is 0 Å². The number of hydrogen-bond donors (Lipinski definition) is 0. The number of carbonyl (C=O) groups excluding carboxylic acids is 2. The lowest BCUT2D eigenvalue weighted by Gasteiger charge is -2.25. The maximum Gasteiger partial charge on any atom is 0.325 e. The Bertz CT molecular complexity index is 576. The maximum atomic E-state index is 12.5. The lowest BCUT2D eigenvalue weighted by Crippen LogP contribution is -2.41. The van der Waals surface area contributed by atoms with Crippen LogP contribution in [0.1, 0.15) is 42.5 Å². The summed E-state index contributed by atoms with van der Waals surface area (Å²) in [4.78, 5) is 29.6. The Morgan fingerprint density at radius 3 is 2.57 bits per heavy atom.